The first-order chi connectivity index (χ1) is 18.0. The van der Waals surface area contributed by atoms with Crippen molar-refractivity contribution in [3.8, 4) is 33.9 Å². The third kappa shape index (κ3) is 3.66. The van der Waals surface area contributed by atoms with E-state index in [2.05, 4.69) is 18.2 Å². The molecule has 0 saturated carbocycles. The van der Waals surface area contributed by atoms with Crippen molar-refractivity contribution in [1.82, 2.24) is 4.98 Å². The van der Waals surface area contributed by atoms with E-state index in [-0.39, 0.29) is 17.7 Å². The Kier molecular flexibility index (Phi) is 5.49. The SMILES string of the molecule is CCOc1cc(-c2c3c(nc4ccc5ccccc5c24)-c2ccccc2C3=O)ccc1OC(=O)C(C)C. The van der Waals surface area contributed by atoms with Crippen LogP contribution in [0.2, 0.25) is 0 Å². The Labute approximate surface area is 214 Å². The van der Waals surface area contributed by atoms with Gasteiger partial charge in [-0.2, -0.15) is 0 Å². The second-order valence-electron chi connectivity index (χ2n) is 9.44. The summed E-state index contributed by atoms with van der Waals surface area (Å²) in [6, 6.07) is 25.3. The van der Waals surface area contributed by atoms with E-state index in [1.165, 1.54) is 0 Å². The largest absolute Gasteiger partial charge is 0.490 e. The van der Waals surface area contributed by atoms with Crippen LogP contribution in [0, 0.1) is 5.92 Å². The molecule has 182 valence electrons. The molecular formula is C32H25NO4. The first-order valence-corrected chi connectivity index (χ1v) is 12.5. The van der Waals surface area contributed by atoms with Crippen LogP contribution in [0.1, 0.15) is 36.7 Å². The number of esters is 1. The van der Waals surface area contributed by atoms with Crippen molar-refractivity contribution < 1.29 is 19.1 Å². The van der Waals surface area contributed by atoms with Crippen molar-refractivity contribution >= 4 is 33.4 Å². The van der Waals surface area contributed by atoms with Crippen LogP contribution in [-0.2, 0) is 4.79 Å². The van der Waals surface area contributed by atoms with Gasteiger partial charge in [-0.3, -0.25) is 9.59 Å². The van der Waals surface area contributed by atoms with Gasteiger partial charge in [-0.05, 0) is 41.5 Å². The maximum atomic E-state index is 13.8. The van der Waals surface area contributed by atoms with Crippen molar-refractivity contribution in [2.24, 2.45) is 5.92 Å². The number of carbonyl (C=O) groups excluding carboxylic acids is 2. The zero-order chi connectivity index (χ0) is 25.7. The molecule has 0 atom stereocenters. The molecule has 0 saturated heterocycles. The third-order valence-electron chi connectivity index (χ3n) is 6.74. The lowest BCUT2D eigenvalue weighted by Crippen LogP contribution is -2.15. The van der Waals surface area contributed by atoms with Gasteiger partial charge in [-0.15, -0.1) is 0 Å². The zero-order valence-corrected chi connectivity index (χ0v) is 20.9. The van der Waals surface area contributed by atoms with Gasteiger partial charge in [0.1, 0.15) is 0 Å². The highest BCUT2D eigenvalue weighted by Gasteiger charge is 2.33. The summed E-state index contributed by atoms with van der Waals surface area (Å²) in [5.74, 6) is 0.163. The molecule has 5 nitrogen and oxygen atoms in total. The molecule has 4 aromatic carbocycles. The summed E-state index contributed by atoms with van der Waals surface area (Å²) in [5.41, 5.74) is 5.18. The van der Waals surface area contributed by atoms with E-state index in [9.17, 15) is 9.59 Å². The minimum atomic E-state index is -0.333. The van der Waals surface area contributed by atoms with Crippen molar-refractivity contribution in [2.45, 2.75) is 20.8 Å². The number of pyridine rings is 1. The van der Waals surface area contributed by atoms with Crippen LogP contribution in [0.4, 0.5) is 0 Å². The van der Waals surface area contributed by atoms with Crippen molar-refractivity contribution in [3.63, 3.8) is 0 Å². The van der Waals surface area contributed by atoms with E-state index in [1.54, 1.807) is 19.9 Å². The lowest BCUT2D eigenvalue weighted by Gasteiger charge is -2.17. The van der Waals surface area contributed by atoms with E-state index in [4.69, 9.17) is 14.5 Å². The van der Waals surface area contributed by atoms with Crippen molar-refractivity contribution in [3.05, 3.63) is 90.0 Å². The molecule has 0 aliphatic heterocycles. The molecule has 5 heteroatoms. The quantitative estimate of drug-likeness (QED) is 0.146. The van der Waals surface area contributed by atoms with Crippen LogP contribution in [0.15, 0.2) is 78.9 Å². The fourth-order valence-electron chi connectivity index (χ4n) is 5.01. The van der Waals surface area contributed by atoms with Crippen LogP contribution in [0.25, 0.3) is 44.1 Å². The molecule has 6 rings (SSSR count). The number of ether oxygens (including phenoxy) is 2. The van der Waals surface area contributed by atoms with Gasteiger partial charge in [0.25, 0.3) is 0 Å². The highest BCUT2D eigenvalue weighted by Crippen LogP contribution is 2.46. The second kappa shape index (κ2) is 8.86. The van der Waals surface area contributed by atoms with Gasteiger partial charge in [0.2, 0.25) is 0 Å². The summed E-state index contributed by atoms with van der Waals surface area (Å²) in [7, 11) is 0. The van der Waals surface area contributed by atoms with Crippen LogP contribution >= 0.6 is 0 Å². The number of carbonyl (C=O) groups is 2. The number of aromatic nitrogens is 1. The molecule has 37 heavy (non-hydrogen) atoms. The zero-order valence-electron chi connectivity index (χ0n) is 20.9. The Morgan fingerprint density at radius 2 is 1.62 bits per heavy atom. The molecule has 1 heterocycles. The van der Waals surface area contributed by atoms with Gasteiger partial charge in [-0.1, -0.05) is 74.5 Å². The summed E-state index contributed by atoms with van der Waals surface area (Å²) < 4.78 is 11.5. The second-order valence-corrected chi connectivity index (χ2v) is 9.44. The standard InChI is InChI=1S/C32H25NO4/c1-4-36-26-17-20(14-16-25(26)37-32(35)18(2)3)27-28-21-10-6-5-9-19(21)13-15-24(28)33-30-22-11-7-8-12-23(22)31(34)29(27)30/h5-18H,4H2,1-3H3. The molecule has 0 bridgehead atoms. The minimum Gasteiger partial charge on any atom is -0.490 e. The monoisotopic (exact) mass is 487 g/mol. The number of rotatable bonds is 5. The molecule has 1 aliphatic rings. The van der Waals surface area contributed by atoms with Gasteiger partial charge >= 0.3 is 5.97 Å². The Morgan fingerprint density at radius 1 is 0.865 bits per heavy atom. The molecule has 0 spiro atoms. The first-order valence-electron chi connectivity index (χ1n) is 12.5. The Hall–Kier alpha value is -4.51. The molecule has 1 aliphatic carbocycles. The summed E-state index contributed by atoms with van der Waals surface area (Å²) in [5, 5.41) is 2.99. The van der Waals surface area contributed by atoms with Crippen LogP contribution < -0.4 is 9.47 Å². The normalized spacial score (nSPS) is 12.2. The van der Waals surface area contributed by atoms with Crippen LogP contribution in [0.5, 0.6) is 11.5 Å². The maximum Gasteiger partial charge on any atom is 0.313 e. The Balaban J connectivity index is 1.68. The van der Waals surface area contributed by atoms with Crippen LogP contribution in [0.3, 0.4) is 0 Å². The molecular weight excluding hydrogens is 462 g/mol. The number of benzene rings is 4. The number of ketones is 1. The average Bonchev–Trinajstić information content (AvgIpc) is 3.20. The predicted molar refractivity (Wildman–Crippen MR) is 145 cm³/mol. The fourth-order valence-corrected chi connectivity index (χ4v) is 5.01. The molecule has 0 fully saturated rings. The highest BCUT2D eigenvalue weighted by atomic mass is 16.6. The van der Waals surface area contributed by atoms with Gasteiger partial charge in [-0.25, -0.2) is 4.98 Å². The Morgan fingerprint density at radius 3 is 2.41 bits per heavy atom. The average molecular weight is 488 g/mol. The van der Waals surface area contributed by atoms with E-state index in [1.807, 2.05) is 61.5 Å². The van der Waals surface area contributed by atoms with Gasteiger partial charge < -0.3 is 9.47 Å². The summed E-state index contributed by atoms with van der Waals surface area (Å²) in [4.78, 5) is 31.2. The smallest absolute Gasteiger partial charge is 0.313 e. The van der Waals surface area contributed by atoms with Gasteiger partial charge in [0, 0.05) is 22.1 Å². The molecule has 0 radical (unpaired) electrons. The fraction of sp³-hybridized carbons (Fsp3) is 0.156. The van der Waals surface area contributed by atoms with Gasteiger partial charge in [0.05, 0.1) is 29.3 Å². The lowest BCUT2D eigenvalue weighted by atomic mass is 9.90. The number of fused-ring (bicyclic) bond motifs is 6. The molecule has 0 N–H and O–H groups in total. The van der Waals surface area contributed by atoms with Crippen molar-refractivity contribution in [2.75, 3.05) is 6.61 Å². The summed E-state index contributed by atoms with van der Waals surface area (Å²) >= 11 is 0. The van der Waals surface area contributed by atoms with Crippen LogP contribution in [-0.4, -0.2) is 23.3 Å². The minimum absolute atomic E-state index is 0.0452. The Bertz CT molecular complexity index is 1730. The molecule has 5 aromatic rings. The number of hydrogen-bond acceptors (Lipinski definition) is 5. The molecule has 1 aromatic heterocycles. The highest BCUT2D eigenvalue weighted by molar-refractivity contribution is 6.29. The molecule has 0 unspecified atom stereocenters. The number of hydrogen-bond donors (Lipinski definition) is 0. The van der Waals surface area contributed by atoms with E-state index in [0.717, 1.165) is 38.4 Å². The van der Waals surface area contributed by atoms with E-state index < -0.39 is 0 Å². The lowest BCUT2D eigenvalue weighted by molar-refractivity contribution is -0.137. The third-order valence-corrected chi connectivity index (χ3v) is 6.74. The maximum absolute atomic E-state index is 13.8. The van der Waals surface area contributed by atoms with E-state index in [0.29, 0.717) is 34.9 Å². The van der Waals surface area contributed by atoms with Gasteiger partial charge in [0.15, 0.2) is 17.3 Å². The van der Waals surface area contributed by atoms with Crippen molar-refractivity contribution in [1.29, 1.82) is 0 Å². The number of nitrogens with zero attached hydrogens (tertiary/aromatic N) is 1. The summed E-state index contributed by atoms with van der Waals surface area (Å²) in [6.07, 6.45) is 0. The topological polar surface area (TPSA) is 65.5 Å². The molecule has 0 amide bonds. The summed E-state index contributed by atoms with van der Waals surface area (Å²) in [6.45, 7) is 5.86. The predicted octanol–water partition coefficient (Wildman–Crippen LogP) is 7.23. The van der Waals surface area contributed by atoms with E-state index >= 15 is 0 Å². The first kappa shape index (κ1) is 22.9.